The van der Waals surface area contributed by atoms with E-state index in [-0.39, 0.29) is 5.91 Å². The van der Waals surface area contributed by atoms with Gasteiger partial charge in [-0.3, -0.25) is 9.78 Å². The molecule has 0 spiro atoms. The van der Waals surface area contributed by atoms with Gasteiger partial charge in [0.2, 0.25) is 5.91 Å². The second-order valence-electron chi connectivity index (χ2n) is 5.89. The first kappa shape index (κ1) is 15.7. The fraction of sp³-hybridized carbons (Fsp3) is 0.529. The van der Waals surface area contributed by atoms with E-state index in [9.17, 15) is 4.79 Å². The lowest BCUT2D eigenvalue weighted by Crippen LogP contribution is -2.41. The summed E-state index contributed by atoms with van der Waals surface area (Å²) in [5.74, 6) is 0.126. The minimum Gasteiger partial charge on any atom is -0.335 e. The van der Waals surface area contributed by atoms with Crippen LogP contribution in [-0.2, 0) is 4.79 Å². The first-order valence-corrected chi connectivity index (χ1v) is 7.70. The van der Waals surface area contributed by atoms with E-state index < -0.39 is 0 Å². The molecular weight excluding hydrogens is 262 g/mol. The summed E-state index contributed by atoms with van der Waals surface area (Å²) in [6, 6.07) is 4.23. The average Bonchev–Trinajstić information content (AvgIpc) is 3.00. The summed E-state index contributed by atoms with van der Waals surface area (Å²) in [6.07, 6.45) is 11.8. The predicted molar refractivity (Wildman–Crippen MR) is 85.8 cm³/mol. The molecule has 1 amide bonds. The van der Waals surface area contributed by atoms with Crippen LogP contribution in [0.5, 0.6) is 0 Å². The van der Waals surface area contributed by atoms with Crippen LogP contribution in [0.15, 0.2) is 30.6 Å². The van der Waals surface area contributed by atoms with Gasteiger partial charge >= 0.3 is 0 Å². The molecule has 1 aliphatic carbocycles. The number of carbonyl (C=O) groups excluding carboxylic acids is 1. The van der Waals surface area contributed by atoms with Gasteiger partial charge in [0.05, 0.1) is 0 Å². The Bertz CT molecular complexity index is 464. The van der Waals surface area contributed by atoms with Crippen molar-refractivity contribution in [2.45, 2.75) is 31.7 Å². The van der Waals surface area contributed by atoms with Crippen LogP contribution in [0.2, 0.25) is 0 Å². The van der Waals surface area contributed by atoms with Crippen LogP contribution in [0.4, 0.5) is 0 Å². The molecule has 0 aliphatic heterocycles. The number of hydrogen-bond acceptors (Lipinski definition) is 3. The van der Waals surface area contributed by atoms with Crippen molar-refractivity contribution in [3.8, 4) is 0 Å². The van der Waals surface area contributed by atoms with Crippen LogP contribution in [0, 0.1) is 0 Å². The Hall–Kier alpha value is -1.68. The largest absolute Gasteiger partial charge is 0.335 e. The van der Waals surface area contributed by atoms with E-state index in [0.29, 0.717) is 6.04 Å². The van der Waals surface area contributed by atoms with Gasteiger partial charge in [-0.1, -0.05) is 12.8 Å². The van der Waals surface area contributed by atoms with Gasteiger partial charge < -0.3 is 9.80 Å². The molecule has 0 aromatic carbocycles. The lowest BCUT2D eigenvalue weighted by molar-refractivity contribution is -0.128. The van der Waals surface area contributed by atoms with E-state index in [1.54, 1.807) is 18.5 Å². The second-order valence-corrected chi connectivity index (χ2v) is 5.89. The van der Waals surface area contributed by atoms with Crippen molar-refractivity contribution >= 4 is 12.0 Å². The van der Waals surface area contributed by atoms with Crippen molar-refractivity contribution in [3.63, 3.8) is 0 Å². The van der Waals surface area contributed by atoms with E-state index in [2.05, 4.69) is 9.88 Å². The Morgan fingerprint density at radius 2 is 1.90 bits per heavy atom. The lowest BCUT2D eigenvalue weighted by atomic mass is 10.2. The van der Waals surface area contributed by atoms with Crippen molar-refractivity contribution in [2.75, 3.05) is 27.2 Å². The number of nitrogens with zero attached hydrogens (tertiary/aromatic N) is 3. The molecule has 1 aromatic rings. The molecule has 1 aliphatic rings. The van der Waals surface area contributed by atoms with Crippen molar-refractivity contribution in [1.29, 1.82) is 0 Å². The van der Waals surface area contributed by atoms with Crippen molar-refractivity contribution in [1.82, 2.24) is 14.8 Å². The van der Waals surface area contributed by atoms with Gasteiger partial charge in [-0.15, -0.1) is 0 Å². The second kappa shape index (κ2) is 7.93. The maximum atomic E-state index is 12.5. The van der Waals surface area contributed by atoms with Gasteiger partial charge in [0.1, 0.15) is 0 Å². The van der Waals surface area contributed by atoms with E-state index >= 15 is 0 Å². The molecule has 114 valence electrons. The standard InChI is InChI=1S/C17H25N3O/c1-19(2)13-14-20(16-5-3-4-6-16)17(21)8-7-15-9-11-18-12-10-15/h7-12,16H,3-6,13-14H2,1-2H3/b8-7-. The van der Waals surface area contributed by atoms with Gasteiger partial charge in [-0.25, -0.2) is 0 Å². The zero-order valence-electron chi connectivity index (χ0n) is 13.0. The molecule has 0 radical (unpaired) electrons. The van der Waals surface area contributed by atoms with Crippen LogP contribution in [0.25, 0.3) is 6.08 Å². The van der Waals surface area contributed by atoms with Crippen molar-refractivity contribution in [3.05, 3.63) is 36.2 Å². The third-order valence-electron chi connectivity index (χ3n) is 3.96. The van der Waals surface area contributed by atoms with Crippen LogP contribution in [0.3, 0.4) is 0 Å². The molecule has 4 nitrogen and oxygen atoms in total. The zero-order chi connectivity index (χ0) is 15.1. The molecule has 0 bridgehead atoms. The van der Waals surface area contributed by atoms with Gasteiger partial charge in [-0.2, -0.15) is 0 Å². The van der Waals surface area contributed by atoms with Crippen LogP contribution >= 0.6 is 0 Å². The SMILES string of the molecule is CN(C)CCN(C(=O)/C=C\c1ccncc1)C1CCCC1. The van der Waals surface area contributed by atoms with E-state index in [0.717, 1.165) is 31.5 Å². The summed E-state index contributed by atoms with van der Waals surface area (Å²) < 4.78 is 0. The highest BCUT2D eigenvalue weighted by molar-refractivity contribution is 5.92. The Labute approximate surface area is 127 Å². The fourth-order valence-corrected chi connectivity index (χ4v) is 2.73. The fourth-order valence-electron chi connectivity index (χ4n) is 2.73. The number of aromatic nitrogens is 1. The third kappa shape index (κ3) is 4.97. The molecular formula is C17H25N3O. The maximum absolute atomic E-state index is 12.5. The summed E-state index contributed by atoms with van der Waals surface area (Å²) in [7, 11) is 4.09. The average molecular weight is 287 g/mol. The molecule has 0 unspecified atom stereocenters. The van der Waals surface area contributed by atoms with Gasteiger partial charge in [0.15, 0.2) is 0 Å². The first-order valence-electron chi connectivity index (χ1n) is 7.70. The number of carbonyl (C=O) groups is 1. The van der Waals surface area contributed by atoms with Gasteiger partial charge in [0.25, 0.3) is 0 Å². The highest BCUT2D eigenvalue weighted by Crippen LogP contribution is 2.23. The number of likely N-dealkylation sites (N-methyl/N-ethyl adjacent to an activating group) is 1. The molecule has 0 atom stereocenters. The van der Waals surface area contributed by atoms with Crippen molar-refractivity contribution < 1.29 is 4.79 Å². The minimum absolute atomic E-state index is 0.126. The third-order valence-corrected chi connectivity index (χ3v) is 3.96. The van der Waals surface area contributed by atoms with E-state index in [4.69, 9.17) is 0 Å². The molecule has 1 heterocycles. The number of rotatable bonds is 6. The Balaban J connectivity index is 2.01. The van der Waals surface area contributed by atoms with Gasteiger partial charge in [0, 0.05) is 37.6 Å². The first-order chi connectivity index (χ1) is 10.2. The molecule has 0 saturated heterocycles. The topological polar surface area (TPSA) is 36.4 Å². The summed E-state index contributed by atoms with van der Waals surface area (Å²) in [6.45, 7) is 1.71. The highest BCUT2D eigenvalue weighted by Gasteiger charge is 2.25. The van der Waals surface area contributed by atoms with Crippen LogP contribution in [0.1, 0.15) is 31.2 Å². The molecule has 1 saturated carbocycles. The van der Waals surface area contributed by atoms with Crippen LogP contribution in [-0.4, -0.2) is 53.9 Å². The monoisotopic (exact) mass is 287 g/mol. The summed E-state index contributed by atoms with van der Waals surface area (Å²) in [5.41, 5.74) is 1.01. The minimum atomic E-state index is 0.126. The number of amides is 1. The summed E-state index contributed by atoms with van der Waals surface area (Å²) >= 11 is 0. The molecule has 0 N–H and O–H groups in total. The van der Waals surface area contributed by atoms with Gasteiger partial charge in [-0.05, 0) is 50.7 Å². The maximum Gasteiger partial charge on any atom is 0.246 e. The smallest absolute Gasteiger partial charge is 0.246 e. The van der Waals surface area contributed by atoms with E-state index in [1.807, 2.05) is 37.2 Å². The quantitative estimate of drug-likeness (QED) is 0.754. The number of pyridine rings is 1. The summed E-state index contributed by atoms with van der Waals surface area (Å²) in [4.78, 5) is 20.7. The lowest BCUT2D eigenvalue weighted by Gasteiger charge is -2.29. The van der Waals surface area contributed by atoms with Crippen LogP contribution < -0.4 is 0 Å². The molecule has 1 aromatic heterocycles. The highest BCUT2D eigenvalue weighted by atomic mass is 16.2. The molecule has 21 heavy (non-hydrogen) atoms. The molecule has 1 fully saturated rings. The predicted octanol–water partition coefficient (Wildman–Crippen LogP) is 2.43. The summed E-state index contributed by atoms with van der Waals surface area (Å²) in [5, 5.41) is 0. The Morgan fingerprint density at radius 3 is 2.52 bits per heavy atom. The normalized spacial score (nSPS) is 16.0. The van der Waals surface area contributed by atoms with E-state index in [1.165, 1.54) is 12.8 Å². The molecule has 4 heteroatoms. The Morgan fingerprint density at radius 1 is 1.24 bits per heavy atom. The number of hydrogen-bond donors (Lipinski definition) is 0. The Kier molecular flexibility index (Phi) is 5.93. The zero-order valence-corrected chi connectivity index (χ0v) is 13.0. The molecule has 2 rings (SSSR count). The van der Waals surface area contributed by atoms with Crippen molar-refractivity contribution in [2.24, 2.45) is 0 Å².